The monoisotopic (exact) mass is 306 g/mol. The Morgan fingerprint density at radius 2 is 1.82 bits per heavy atom. The van der Waals surface area contributed by atoms with Gasteiger partial charge in [-0.3, -0.25) is 0 Å². The largest absolute Gasteiger partial charge is 0.496 e. The smallest absolute Gasteiger partial charge is 0.348 e. The first-order chi connectivity index (χ1) is 10.2. The fourth-order valence-corrected chi connectivity index (χ4v) is 1.91. The molecule has 0 aliphatic carbocycles. The van der Waals surface area contributed by atoms with Crippen LogP contribution in [0.15, 0.2) is 23.8 Å². The van der Waals surface area contributed by atoms with E-state index in [0.29, 0.717) is 5.75 Å². The van der Waals surface area contributed by atoms with Crippen LogP contribution < -0.4 is 4.74 Å². The van der Waals surface area contributed by atoms with E-state index >= 15 is 0 Å². The molecule has 0 radical (unpaired) electrons. The summed E-state index contributed by atoms with van der Waals surface area (Å²) in [4.78, 5) is 34.8. The molecule has 22 heavy (non-hydrogen) atoms. The molecule has 0 bridgehead atoms. The summed E-state index contributed by atoms with van der Waals surface area (Å²) in [6, 6.07) is 4.07. The van der Waals surface area contributed by atoms with Gasteiger partial charge in [0, 0.05) is 19.4 Å². The van der Waals surface area contributed by atoms with Gasteiger partial charge in [0.15, 0.2) is 0 Å². The fraction of sp³-hybridized carbons (Fsp3) is 0.267. The maximum Gasteiger partial charge on any atom is 0.348 e. The van der Waals surface area contributed by atoms with Crippen LogP contribution in [-0.4, -0.2) is 35.9 Å². The second-order valence-electron chi connectivity index (χ2n) is 5.00. The molecule has 1 aliphatic rings. The minimum atomic E-state index is -1.33. The van der Waals surface area contributed by atoms with E-state index in [0.717, 1.165) is 0 Å². The molecular weight excluding hydrogens is 292 g/mol. The average Bonchev–Trinajstić information content (AvgIpc) is 2.41. The molecule has 1 saturated heterocycles. The Balaban J connectivity index is 2.48. The van der Waals surface area contributed by atoms with E-state index < -0.39 is 23.7 Å². The van der Waals surface area contributed by atoms with E-state index in [9.17, 15) is 14.4 Å². The zero-order chi connectivity index (χ0) is 16.5. The van der Waals surface area contributed by atoms with Gasteiger partial charge in [0.2, 0.25) is 0 Å². The lowest BCUT2D eigenvalue weighted by Crippen LogP contribution is -2.41. The van der Waals surface area contributed by atoms with Crippen LogP contribution >= 0.6 is 0 Å². The highest BCUT2D eigenvalue weighted by atomic mass is 16.7. The summed E-state index contributed by atoms with van der Waals surface area (Å²) in [6.07, 6.45) is 1.19. The summed E-state index contributed by atoms with van der Waals surface area (Å²) in [7, 11) is 1.39. The summed E-state index contributed by atoms with van der Waals surface area (Å²) < 4.78 is 15.0. The lowest BCUT2D eigenvalue weighted by Gasteiger charge is -2.29. The van der Waals surface area contributed by atoms with E-state index in [1.165, 1.54) is 45.2 Å². The molecule has 116 valence electrons. The number of carbonyl (C=O) groups excluding carboxylic acids is 2. The molecule has 0 spiro atoms. The summed E-state index contributed by atoms with van der Waals surface area (Å²) in [6.45, 7) is 2.87. The summed E-state index contributed by atoms with van der Waals surface area (Å²) in [5.41, 5.74) is -0.0864. The van der Waals surface area contributed by atoms with Crippen molar-refractivity contribution in [3.05, 3.63) is 34.9 Å². The van der Waals surface area contributed by atoms with Crippen molar-refractivity contribution in [3.8, 4) is 5.75 Å². The maximum absolute atomic E-state index is 11.9. The van der Waals surface area contributed by atoms with E-state index in [1.807, 2.05) is 0 Å². The molecule has 0 aromatic heterocycles. The standard InChI is InChI=1S/C15H14O7/c1-15(2)21-13(18)10(14(19)22-15)7-9-6-8(12(16)17)4-5-11(9)20-3/h4-7H,1-3H3,(H,16,17). The van der Waals surface area contributed by atoms with Gasteiger partial charge in [-0.05, 0) is 24.3 Å². The second kappa shape index (κ2) is 5.51. The van der Waals surface area contributed by atoms with E-state index in [2.05, 4.69) is 0 Å². The average molecular weight is 306 g/mol. The SMILES string of the molecule is COc1ccc(C(=O)O)cc1C=C1C(=O)OC(C)(C)OC1=O. The van der Waals surface area contributed by atoms with Crippen molar-refractivity contribution >= 4 is 24.0 Å². The van der Waals surface area contributed by atoms with Gasteiger partial charge in [-0.15, -0.1) is 0 Å². The molecule has 1 aromatic carbocycles. The predicted molar refractivity (Wildman–Crippen MR) is 74.2 cm³/mol. The molecule has 0 amide bonds. The van der Waals surface area contributed by atoms with Crippen molar-refractivity contribution < 1.29 is 33.7 Å². The number of carbonyl (C=O) groups is 3. The quantitative estimate of drug-likeness (QED) is 0.514. The Labute approximate surface area is 126 Å². The number of ether oxygens (including phenoxy) is 3. The molecule has 0 atom stereocenters. The molecule has 7 heteroatoms. The number of carboxylic acids is 1. The zero-order valence-electron chi connectivity index (χ0n) is 12.2. The highest BCUT2D eigenvalue weighted by molar-refractivity contribution is 6.19. The predicted octanol–water partition coefficient (Wildman–Crippen LogP) is 1.61. The first-order valence-electron chi connectivity index (χ1n) is 6.33. The van der Waals surface area contributed by atoms with Gasteiger partial charge in [-0.2, -0.15) is 0 Å². The Kier molecular flexibility index (Phi) is 3.90. The first-order valence-corrected chi connectivity index (χ1v) is 6.33. The van der Waals surface area contributed by atoms with Crippen molar-refractivity contribution in [1.82, 2.24) is 0 Å². The van der Waals surface area contributed by atoms with Crippen LogP contribution in [-0.2, 0) is 19.1 Å². The van der Waals surface area contributed by atoms with Crippen LogP contribution in [0, 0.1) is 0 Å². The van der Waals surface area contributed by atoms with E-state index in [-0.39, 0.29) is 16.7 Å². The van der Waals surface area contributed by atoms with Gasteiger partial charge in [0.1, 0.15) is 11.3 Å². The Bertz CT molecular complexity index is 663. The minimum Gasteiger partial charge on any atom is -0.496 e. The lowest BCUT2D eigenvalue weighted by molar-refractivity contribution is -0.222. The van der Waals surface area contributed by atoms with Crippen LogP contribution in [0.2, 0.25) is 0 Å². The molecule has 1 N–H and O–H groups in total. The van der Waals surface area contributed by atoms with Crippen molar-refractivity contribution in [2.45, 2.75) is 19.6 Å². The number of benzene rings is 1. The summed E-state index contributed by atoms with van der Waals surface area (Å²) >= 11 is 0. The van der Waals surface area contributed by atoms with Crippen LogP contribution in [0.25, 0.3) is 6.08 Å². The molecule has 1 heterocycles. The minimum absolute atomic E-state index is 0.00877. The first kappa shape index (κ1) is 15.6. The van der Waals surface area contributed by atoms with Crippen molar-refractivity contribution in [2.24, 2.45) is 0 Å². The number of aromatic carboxylic acids is 1. The molecular formula is C15H14O7. The third kappa shape index (κ3) is 3.08. The third-order valence-corrected chi connectivity index (χ3v) is 2.89. The number of hydrogen-bond acceptors (Lipinski definition) is 6. The number of esters is 2. The van der Waals surface area contributed by atoms with Crippen LogP contribution in [0.1, 0.15) is 29.8 Å². The van der Waals surface area contributed by atoms with Gasteiger partial charge < -0.3 is 19.3 Å². The van der Waals surface area contributed by atoms with Gasteiger partial charge in [0.05, 0.1) is 12.7 Å². The Hall–Kier alpha value is -2.83. The zero-order valence-corrected chi connectivity index (χ0v) is 12.2. The second-order valence-corrected chi connectivity index (χ2v) is 5.00. The van der Waals surface area contributed by atoms with Gasteiger partial charge in [-0.1, -0.05) is 0 Å². The highest BCUT2D eigenvalue weighted by Crippen LogP contribution is 2.27. The molecule has 1 fully saturated rings. The Morgan fingerprint density at radius 3 is 2.32 bits per heavy atom. The van der Waals surface area contributed by atoms with Gasteiger partial charge in [0.25, 0.3) is 5.79 Å². The molecule has 7 nitrogen and oxygen atoms in total. The van der Waals surface area contributed by atoms with Crippen molar-refractivity contribution in [2.75, 3.05) is 7.11 Å². The third-order valence-electron chi connectivity index (χ3n) is 2.89. The van der Waals surface area contributed by atoms with Gasteiger partial charge in [-0.25, -0.2) is 14.4 Å². The summed E-state index contributed by atoms with van der Waals surface area (Å²) in [5, 5.41) is 9.01. The fourth-order valence-electron chi connectivity index (χ4n) is 1.91. The molecule has 2 rings (SSSR count). The van der Waals surface area contributed by atoms with E-state index in [1.54, 1.807) is 0 Å². The lowest BCUT2D eigenvalue weighted by atomic mass is 10.1. The molecule has 0 saturated carbocycles. The van der Waals surface area contributed by atoms with Crippen molar-refractivity contribution in [3.63, 3.8) is 0 Å². The molecule has 1 aromatic rings. The van der Waals surface area contributed by atoms with Crippen LogP contribution in [0.4, 0.5) is 0 Å². The number of rotatable bonds is 3. The highest BCUT2D eigenvalue weighted by Gasteiger charge is 2.39. The van der Waals surface area contributed by atoms with Crippen LogP contribution in [0.5, 0.6) is 5.75 Å². The number of methoxy groups -OCH3 is 1. The number of hydrogen-bond donors (Lipinski definition) is 1. The topological polar surface area (TPSA) is 99.1 Å². The van der Waals surface area contributed by atoms with E-state index in [4.69, 9.17) is 19.3 Å². The Morgan fingerprint density at radius 1 is 1.23 bits per heavy atom. The number of cyclic esters (lactones) is 2. The normalized spacial score (nSPS) is 16.6. The molecule has 1 aliphatic heterocycles. The van der Waals surface area contributed by atoms with Gasteiger partial charge >= 0.3 is 17.9 Å². The summed E-state index contributed by atoms with van der Waals surface area (Å²) in [5.74, 6) is -3.85. The number of carboxylic acid groups (broad SMARTS) is 1. The maximum atomic E-state index is 11.9. The molecule has 0 unspecified atom stereocenters. The van der Waals surface area contributed by atoms with Crippen LogP contribution in [0.3, 0.4) is 0 Å². The van der Waals surface area contributed by atoms with Crippen molar-refractivity contribution in [1.29, 1.82) is 0 Å².